The minimum Gasteiger partial charge on any atom is -0.377 e. The molecule has 1 heterocycles. The molecule has 0 amide bonds. The second kappa shape index (κ2) is 3.91. The summed E-state index contributed by atoms with van der Waals surface area (Å²) in [7, 11) is 0. The molecule has 2 fully saturated rings. The molecule has 0 radical (unpaired) electrons. The van der Waals surface area contributed by atoms with Gasteiger partial charge in [-0.2, -0.15) is 0 Å². The number of rotatable bonds is 3. The number of ether oxygens (including phenoxy) is 1. The summed E-state index contributed by atoms with van der Waals surface area (Å²) in [6, 6.07) is 0.611. The van der Waals surface area contributed by atoms with Crippen LogP contribution in [0.2, 0.25) is 0 Å². The molecule has 1 aliphatic heterocycles. The highest BCUT2D eigenvalue weighted by atomic mass is 16.5. The van der Waals surface area contributed by atoms with Gasteiger partial charge in [0.1, 0.15) is 0 Å². The molecule has 2 nitrogen and oxygen atoms in total. The fourth-order valence-electron chi connectivity index (χ4n) is 3.22. The summed E-state index contributed by atoms with van der Waals surface area (Å²) in [6.45, 7) is 12.5. The summed E-state index contributed by atoms with van der Waals surface area (Å²) < 4.78 is 5.87. The van der Waals surface area contributed by atoms with Gasteiger partial charge in [0.2, 0.25) is 0 Å². The third-order valence-electron chi connectivity index (χ3n) is 3.95. The quantitative estimate of drug-likeness (QED) is 0.720. The summed E-state index contributed by atoms with van der Waals surface area (Å²) in [4.78, 5) is 0. The lowest BCUT2D eigenvalue weighted by molar-refractivity contribution is -0.191. The monoisotopic (exact) mass is 209 g/mol. The first-order valence-electron chi connectivity index (χ1n) is 6.03. The first-order valence-corrected chi connectivity index (χ1v) is 6.03. The van der Waals surface area contributed by atoms with E-state index in [1.54, 1.807) is 0 Å². The maximum Gasteiger partial charge on any atom is 0.0684 e. The van der Waals surface area contributed by atoms with Gasteiger partial charge in [0.25, 0.3) is 0 Å². The van der Waals surface area contributed by atoms with E-state index in [0.717, 1.165) is 19.1 Å². The van der Waals surface area contributed by atoms with E-state index in [2.05, 4.69) is 32.7 Å². The van der Waals surface area contributed by atoms with Crippen molar-refractivity contribution in [2.75, 3.05) is 13.2 Å². The minimum absolute atomic E-state index is 0.292. The fourth-order valence-corrected chi connectivity index (χ4v) is 3.22. The van der Waals surface area contributed by atoms with Crippen molar-refractivity contribution >= 4 is 0 Å². The zero-order chi connectivity index (χ0) is 11.1. The Morgan fingerprint density at radius 2 is 2.27 bits per heavy atom. The van der Waals surface area contributed by atoms with Crippen LogP contribution in [0.25, 0.3) is 0 Å². The summed E-state index contributed by atoms with van der Waals surface area (Å²) >= 11 is 0. The van der Waals surface area contributed by atoms with Crippen molar-refractivity contribution in [1.29, 1.82) is 0 Å². The number of hydrogen-bond donors (Lipinski definition) is 1. The molecule has 3 atom stereocenters. The third kappa shape index (κ3) is 1.85. The average molecular weight is 209 g/mol. The molecule has 1 saturated heterocycles. The Bertz CT molecular complexity index is 259. The van der Waals surface area contributed by atoms with E-state index >= 15 is 0 Å². The van der Waals surface area contributed by atoms with Crippen molar-refractivity contribution in [3.8, 4) is 0 Å². The summed E-state index contributed by atoms with van der Waals surface area (Å²) in [5.74, 6) is 0.730. The number of hydrogen-bond acceptors (Lipinski definition) is 2. The van der Waals surface area contributed by atoms with Crippen LogP contribution in [-0.2, 0) is 4.74 Å². The average Bonchev–Trinajstić information content (AvgIpc) is 2.17. The molecule has 15 heavy (non-hydrogen) atoms. The topological polar surface area (TPSA) is 21.3 Å². The van der Waals surface area contributed by atoms with Crippen LogP contribution in [0.5, 0.6) is 0 Å². The van der Waals surface area contributed by atoms with E-state index in [4.69, 9.17) is 4.74 Å². The standard InChI is InChI=1S/C13H23NO/c1-9(2)8-14-11-10-6-5-7-15-12(10)13(11,3)4/h10-12,14H,1,5-8H2,2-4H3. The molecule has 1 N–H and O–H groups in total. The lowest BCUT2D eigenvalue weighted by atomic mass is 9.55. The van der Waals surface area contributed by atoms with Gasteiger partial charge in [0, 0.05) is 30.5 Å². The van der Waals surface area contributed by atoms with Gasteiger partial charge < -0.3 is 10.1 Å². The Labute approximate surface area is 93.1 Å². The SMILES string of the molecule is C=C(C)CNC1C2CCCOC2C1(C)C. The van der Waals surface area contributed by atoms with Crippen molar-refractivity contribution < 1.29 is 4.74 Å². The van der Waals surface area contributed by atoms with Gasteiger partial charge in [0.15, 0.2) is 0 Å². The molecular formula is C13H23NO. The van der Waals surface area contributed by atoms with Crippen LogP contribution in [0.3, 0.4) is 0 Å². The van der Waals surface area contributed by atoms with Crippen LogP contribution in [0.4, 0.5) is 0 Å². The van der Waals surface area contributed by atoms with E-state index in [0.29, 0.717) is 17.6 Å². The number of fused-ring (bicyclic) bond motifs is 1. The molecular weight excluding hydrogens is 186 g/mol. The smallest absolute Gasteiger partial charge is 0.0684 e. The second-order valence-corrected chi connectivity index (χ2v) is 5.73. The van der Waals surface area contributed by atoms with Crippen molar-refractivity contribution in [3.05, 3.63) is 12.2 Å². The van der Waals surface area contributed by atoms with Gasteiger partial charge in [-0.3, -0.25) is 0 Å². The first-order chi connectivity index (χ1) is 7.03. The molecule has 0 aromatic rings. The molecule has 0 bridgehead atoms. The van der Waals surface area contributed by atoms with E-state index in [-0.39, 0.29) is 0 Å². The normalized spacial score (nSPS) is 37.9. The molecule has 1 aliphatic carbocycles. The molecule has 0 aromatic carbocycles. The highest BCUT2D eigenvalue weighted by Gasteiger charge is 2.57. The summed E-state index contributed by atoms with van der Waals surface area (Å²) in [5.41, 5.74) is 1.51. The van der Waals surface area contributed by atoms with Gasteiger partial charge in [0.05, 0.1) is 6.10 Å². The van der Waals surface area contributed by atoms with Crippen molar-refractivity contribution in [2.45, 2.75) is 45.8 Å². The molecule has 2 heteroatoms. The molecule has 2 aliphatic rings. The Morgan fingerprint density at radius 1 is 1.53 bits per heavy atom. The van der Waals surface area contributed by atoms with Crippen molar-refractivity contribution in [1.82, 2.24) is 5.32 Å². The zero-order valence-electron chi connectivity index (χ0n) is 10.2. The second-order valence-electron chi connectivity index (χ2n) is 5.73. The van der Waals surface area contributed by atoms with Gasteiger partial charge in [-0.1, -0.05) is 26.0 Å². The molecule has 86 valence electrons. The molecule has 0 aromatic heterocycles. The van der Waals surface area contributed by atoms with E-state index < -0.39 is 0 Å². The largest absolute Gasteiger partial charge is 0.377 e. The molecule has 0 spiro atoms. The number of nitrogens with one attached hydrogen (secondary N) is 1. The third-order valence-corrected chi connectivity index (χ3v) is 3.95. The van der Waals surface area contributed by atoms with Crippen LogP contribution in [0, 0.1) is 11.3 Å². The Hall–Kier alpha value is -0.340. The van der Waals surface area contributed by atoms with Crippen molar-refractivity contribution in [3.63, 3.8) is 0 Å². The maximum atomic E-state index is 5.87. The summed E-state index contributed by atoms with van der Waals surface area (Å²) in [5, 5.41) is 3.63. The van der Waals surface area contributed by atoms with E-state index in [9.17, 15) is 0 Å². The summed E-state index contributed by atoms with van der Waals surface area (Å²) in [6.07, 6.45) is 3.03. The lowest BCUT2D eigenvalue weighted by Gasteiger charge is -2.60. The van der Waals surface area contributed by atoms with Crippen LogP contribution in [0.1, 0.15) is 33.6 Å². The predicted molar refractivity (Wildman–Crippen MR) is 62.8 cm³/mol. The molecule has 3 unspecified atom stereocenters. The minimum atomic E-state index is 0.292. The van der Waals surface area contributed by atoms with Gasteiger partial charge in [-0.05, 0) is 19.8 Å². The first kappa shape index (κ1) is 11.2. The van der Waals surface area contributed by atoms with Gasteiger partial charge in [-0.25, -0.2) is 0 Å². The Kier molecular flexibility index (Phi) is 2.91. The highest BCUT2D eigenvalue weighted by molar-refractivity contribution is 5.11. The van der Waals surface area contributed by atoms with Crippen LogP contribution >= 0.6 is 0 Å². The van der Waals surface area contributed by atoms with Crippen LogP contribution < -0.4 is 5.32 Å². The Balaban J connectivity index is 1.96. The predicted octanol–water partition coefficient (Wildman–Crippen LogP) is 2.36. The fraction of sp³-hybridized carbons (Fsp3) is 0.846. The van der Waals surface area contributed by atoms with Crippen molar-refractivity contribution in [2.24, 2.45) is 11.3 Å². The van der Waals surface area contributed by atoms with Crippen LogP contribution in [-0.4, -0.2) is 25.3 Å². The Morgan fingerprint density at radius 3 is 2.93 bits per heavy atom. The van der Waals surface area contributed by atoms with E-state index in [1.807, 2.05) is 0 Å². The van der Waals surface area contributed by atoms with Gasteiger partial charge >= 0.3 is 0 Å². The highest BCUT2D eigenvalue weighted by Crippen LogP contribution is 2.51. The molecule has 2 rings (SSSR count). The van der Waals surface area contributed by atoms with Crippen LogP contribution in [0.15, 0.2) is 12.2 Å². The molecule has 1 saturated carbocycles. The van der Waals surface area contributed by atoms with E-state index in [1.165, 1.54) is 18.4 Å². The zero-order valence-corrected chi connectivity index (χ0v) is 10.2. The maximum absolute atomic E-state index is 5.87. The van der Waals surface area contributed by atoms with Gasteiger partial charge in [-0.15, -0.1) is 0 Å². The lowest BCUT2D eigenvalue weighted by Crippen LogP contribution is -2.69.